The number of amides is 3. The lowest BCUT2D eigenvalue weighted by molar-refractivity contribution is -0.135. The van der Waals surface area contributed by atoms with Gasteiger partial charge in [-0.15, -0.1) is 0 Å². The number of piperidine rings is 1. The zero-order valence-corrected chi connectivity index (χ0v) is 25.7. The number of urea groups is 1. The number of anilines is 1. The van der Waals surface area contributed by atoms with Crippen molar-refractivity contribution in [2.75, 3.05) is 25.0 Å². The van der Waals surface area contributed by atoms with E-state index in [9.17, 15) is 22.4 Å². The number of aryl methyl sites for hydroxylation is 3. The molecular formula is C33H39FN4O4S. The Labute approximate surface area is 253 Å². The first-order chi connectivity index (χ1) is 20.5. The summed E-state index contributed by atoms with van der Waals surface area (Å²) in [5, 5.41) is 3.00. The molecule has 2 fully saturated rings. The number of hydrogen-bond acceptors (Lipinski definition) is 4. The second-order valence-corrected chi connectivity index (χ2v) is 13.6. The molecule has 1 saturated carbocycles. The molecule has 1 N–H and O–H groups in total. The molecule has 1 saturated heterocycles. The minimum atomic E-state index is -3.87. The van der Waals surface area contributed by atoms with Gasteiger partial charge in [-0.25, -0.2) is 17.6 Å². The molecule has 1 aliphatic carbocycles. The van der Waals surface area contributed by atoms with Gasteiger partial charge in [0.25, 0.3) is 0 Å². The second-order valence-electron chi connectivity index (χ2n) is 11.7. The maximum atomic E-state index is 14.0. The van der Waals surface area contributed by atoms with Gasteiger partial charge in [-0.05, 0) is 87.9 Å². The Balaban J connectivity index is 1.31. The molecule has 228 valence electrons. The van der Waals surface area contributed by atoms with Gasteiger partial charge in [-0.3, -0.25) is 4.79 Å². The third kappa shape index (κ3) is 7.43. The largest absolute Gasteiger partial charge is 0.334 e. The van der Waals surface area contributed by atoms with Crippen LogP contribution in [0.2, 0.25) is 0 Å². The Kier molecular flexibility index (Phi) is 9.17. The van der Waals surface area contributed by atoms with Gasteiger partial charge in [0, 0.05) is 37.4 Å². The van der Waals surface area contributed by atoms with Crippen LogP contribution < -0.4 is 5.32 Å². The van der Waals surface area contributed by atoms with E-state index >= 15 is 0 Å². The van der Waals surface area contributed by atoms with E-state index in [1.54, 1.807) is 46.2 Å². The molecule has 0 atom stereocenters. The van der Waals surface area contributed by atoms with E-state index in [0.717, 1.165) is 27.9 Å². The van der Waals surface area contributed by atoms with E-state index in [1.807, 2.05) is 39.0 Å². The number of sulfonamides is 1. The van der Waals surface area contributed by atoms with Crippen LogP contribution in [0.5, 0.6) is 0 Å². The molecule has 1 heterocycles. The van der Waals surface area contributed by atoms with Gasteiger partial charge in [0.15, 0.2) is 0 Å². The lowest BCUT2D eigenvalue weighted by Crippen LogP contribution is -2.52. The summed E-state index contributed by atoms with van der Waals surface area (Å²) in [7, 11) is -3.87. The fraction of sp³-hybridized carbons (Fsp3) is 0.394. The zero-order valence-electron chi connectivity index (χ0n) is 24.9. The van der Waals surface area contributed by atoms with Crippen LogP contribution in [-0.4, -0.2) is 66.2 Å². The van der Waals surface area contributed by atoms with Crippen molar-refractivity contribution in [1.29, 1.82) is 0 Å². The molecule has 3 aromatic carbocycles. The SMILES string of the molecule is Cc1ccc(S(=O)(=O)N(CC(=O)N(Cc2ccc(F)cc2)C2CCN(C(=O)Nc3ccc(C)cc3C)CC2)C2CC2)cc1. The highest BCUT2D eigenvalue weighted by Crippen LogP contribution is 2.33. The number of carbonyl (C=O) groups excluding carboxylic acids is 2. The highest BCUT2D eigenvalue weighted by molar-refractivity contribution is 7.89. The molecular weight excluding hydrogens is 567 g/mol. The van der Waals surface area contributed by atoms with Crippen molar-refractivity contribution in [1.82, 2.24) is 14.1 Å². The monoisotopic (exact) mass is 606 g/mol. The summed E-state index contributed by atoms with van der Waals surface area (Å²) < 4.78 is 42.2. The standard InChI is InChI=1S/C33H39FN4O4S/c1-23-4-13-30(14-5-23)43(41,42)38(29-11-12-29)22-32(39)37(21-26-7-9-27(34)10-8-26)28-16-18-36(19-17-28)33(40)35-31-15-6-24(2)20-25(31)3/h4-10,13-15,20,28-29H,11-12,16-19,21-22H2,1-3H3,(H,35,40). The van der Waals surface area contributed by atoms with E-state index in [-0.39, 0.29) is 47.8 Å². The molecule has 3 aromatic rings. The van der Waals surface area contributed by atoms with Gasteiger partial charge in [0.1, 0.15) is 5.82 Å². The number of nitrogens with one attached hydrogen (secondary N) is 1. The predicted molar refractivity (Wildman–Crippen MR) is 165 cm³/mol. The van der Waals surface area contributed by atoms with Crippen molar-refractivity contribution in [3.05, 3.63) is 94.8 Å². The second kappa shape index (κ2) is 12.9. The van der Waals surface area contributed by atoms with Gasteiger partial charge in [0.05, 0.1) is 11.4 Å². The van der Waals surface area contributed by atoms with Gasteiger partial charge < -0.3 is 15.1 Å². The number of hydrogen-bond donors (Lipinski definition) is 1. The molecule has 0 bridgehead atoms. The summed E-state index contributed by atoms with van der Waals surface area (Å²) in [6, 6.07) is 17.9. The molecule has 2 aliphatic rings. The van der Waals surface area contributed by atoms with Crippen LogP contribution in [0.4, 0.5) is 14.9 Å². The van der Waals surface area contributed by atoms with Gasteiger partial charge in [0.2, 0.25) is 15.9 Å². The highest BCUT2D eigenvalue weighted by Gasteiger charge is 2.41. The van der Waals surface area contributed by atoms with Crippen molar-refractivity contribution >= 4 is 27.6 Å². The number of nitrogens with zero attached hydrogens (tertiary/aromatic N) is 3. The first-order valence-electron chi connectivity index (χ1n) is 14.8. The topological polar surface area (TPSA) is 90.0 Å². The third-order valence-corrected chi connectivity index (χ3v) is 10.2. The summed E-state index contributed by atoms with van der Waals surface area (Å²) >= 11 is 0. The van der Waals surface area contributed by atoms with Crippen molar-refractivity contribution in [3.63, 3.8) is 0 Å². The van der Waals surface area contributed by atoms with Crippen LogP contribution >= 0.6 is 0 Å². The zero-order chi connectivity index (χ0) is 30.7. The third-order valence-electron chi connectivity index (χ3n) is 8.28. The summed E-state index contributed by atoms with van der Waals surface area (Å²) in [5.41, 5.74) is 4.58. The lowest BCUT2D eigenvalue weighted by atomic mass is 10.0. The highest BCUT2D eigenvalue weighted by atomic mass is 32.2. The van der Waals surface area contributed by atoms with Gasteiger partial charge >= 0.3 is 6.03 Å². The van der Waals surface area contributed by atoms with E-state index < -0.39 is 10.0 Å². The molecule has 43 heavy (non-hydrogen) atoms. The number of carbonyl (C=O) groups is 2. The summed E-state index contributed by atoms with van der Waals surface area (Å²) in [6.07, 6.45) is 2.51. The number of benzene rings is 3. The van der Waals surface area contributed by atoms with Crippen LogP contribution in [-0.2, 0) is 21.4 Å². The Morgan fingerprint density at radius 2 is 1.49 bits per heavy atom. The van der Waals surface area contributed by atoms with Crippen LogP contribution in [0, 0.1) is 26.6 Å². The first-order valence-corrected chi connectivity index (χ1v) is 16.2. The van der Waals surface area contributed by atoms with Crippen molar-refractivity contribution in [2.24, 2.45) is 0 Å². The lowest BCUT2D eigenvalue weighted by Gasteiger charge is -2.39. The van der Waals surface area contributed by atoms with E-state index in [4.69, 9.17) is 0 Å². The molecule has 3 amide bonds. The summed E-state index contributed by atoms with van der Waals surface area (Å²) in [6.45, 7) is 6.70. The quantitative estimate of drug-likeness (QED) is 0.342. The molecule has 0 unspecified atom stereocenters. The Morgan fingerprint density at radius 3 is 2.09 bits per heavy atom. The van der Waals surface area contributed by atoms with Crippen molar-refractivity contribution in [2.45, 2.75) is 70.0 Å². The number of halogens is 1. The molecule has 5 rings (SSSR count). The van der Waals surface area contributed by atoms with Crippen molar-refractivity contribution in [3.8, 4) is 0 Å². The fourth-order valence-electron chi connectivity index (χ4n) is 5.58. The molecule has 8 nitrogen and oxygen atoms in total. The van der Waals surface area contributed by atoms with E-state index in [0.29, 0.717) is 38.8 Å². The maximum absolute atomic E-state index is 14.0. The maximum Gasteiger partial charge on any atom is 0.321 e. The van der Waals surface area contributed by atoms with Crippen LogP contribution in [0.3, 0.4) is 0 Å². The smallest absolute Gasteiger partial charge is 0.321 e. The fourth-order valence-corrected chi connectivity index (χ4v) is 7.21. The molecule has 1 aliphatic heterocycles. The first kappa shape index (κ1) is 30.7. The molecule has 0 aromatic heterocycles. The number of rotatable bonds is 9. The van der Waals surface area contributed by atoms with Gasteiger partial charge in [-0.1, -0.05) is 47.5 Å². The predicted octanol–water partition coefficient (Wildman–Crippen LogP) is 5.63. The molecule has 0 radical (unpaired) electrons. The molecule has 10 heteroatoms. The normalized spacial score (nSPS) is 15.9. The van der Waals surface area contributed by atoms with Crippen molar-refractivity contribution < 1.29 is 22.4 Å². The van der Waals surface area contributed by atoms with Gasteiger partial charge in [-0.2, -0.15) is 4.31 Å². The summed E-state index contributed by atoms with van der Waals surface area (Å²) in [4.78, 5) is 30.7. The molecule has 0 spiro atoms. The minimum Gasteiger partial charge on any atom is -0.334 e. The van der Waals surface area contributed by atoms with Crippen LogP contribution in [0.15, 0.2) is 71.6 Å². The summed E-state index contributed by atoms with van der Waals surface area (Å²) in [5.74, 6) is -0.668. The Morgan fingerprint density at radius 1 is 0.860 bits per heavy atom. The Hall–Kier alpha value is -3.76. The number of likely N-dealkylation sites (tertiary alicyclic amines) is 1. The average molecular weight is 607 g/mol. The minimum absolute atomic E-state index is 0.172. The van der Waals surface area contributed by atoms with Crippen LogP contribution in [0.1, 0.15) is 47.9 Å². The van der Waals surface area contributed by atoms with E-state index in [1.165, 1.54) is 16.4 Å². The average Bonchev–Trinajstić information content (AvgIpc) is 3.82. The van der Waals surface area contributed by atoms with Crippen LogP contribution in [0.25, 0.3) is 0 Å². The Bertz CT molecular complexity index is 1570. The van der Waals surface area contributed by atoms with E-state index in [2.05, 4.69) is 5.32 Å².